The quantitative estimate of drug-likeness (QED) is 0.788. The third kappa shape index (κ3) is 4.28. The largest absolute Gasteiger partial charge is 0.352 e. The van der Waals surface area contributed by atoms with Crippen LogP contribution in [0, 0.1) is 0 Å². The van der Waals surface area contributed by atoms with Gasteiger partial charge in [-0.05, 0) is 26.3 Å². The Balaban J connectivity index is 2.21. The van der Waals surface area contributed by atoms with E-state index in [1.807, 2.05) is 32.0 Å². The van der Waals surface area contributed by atoms with E-state index in [1.54, 1.807) is 11.0 Å². The lowest BCUT2D eigenvalue weighted by molar-refractivity contribution is 0.0767. The zero-order valence-corrected chi connectivity index (χ0v) is 14.1. The minimum atomic E-state index is -0.0468. The summed E-state index contributed by atoms with van der Waals surface area (Å²) in [4.78, 5) is 24.8. The number of nitrogens with zero attached hydrogens (tertiary/aromatic N) is 4. The number of anilines is 1. The van der Waals surface area contributed by atoms with Gasteiger partial charge in [0, 0.05) is 32.2 Å². The van der Waals surface area contributed by atoms with E-state index >= 15 is 0 Å². The molecule has 0 fully saturated rings. The Morgan fingerprint density at radius 3 is 2.30 bits per heavy atom. The second-order valence-electron chi connectivity index (χ2n) is 5.24. The normalized spacial score (nSPS) is 10.4. The fraction of sp³-hybridized carbons (Fsp3) is 0.389. The Bertz CT molecular complexity index is 626. The number of amides is 1. The van der Waals surface area contributed by atoms with E-state index in [4.69, 9.17) is 0 Å². The minimum absolute atomic E-state index is 0.0468. The number of carbonyl (C=O) groups is 1. The first-order valence-electron chi connectivity index (χ1n) is 8.09. The van der Waals surface area contributed by atoms with Crippen molar-refractivity contribution in [1.29, 1.82) is 0 Å². The van der Waals surface area contributed by atoms with Gasteiger partial charge < -0.3 is 9.80 Å². The molecule has 0 atom stereocenters. The van der Waals surface area contributed by atoms with Gasteiger partial charge in [0.15, 0.2) is 0 Å². The van der Waals surface area contributed by atoms with E-state index in [9.17, 15) is 4.79 Å². The van der Waals surface area contributed by atoms with E-state index in [0.717, 1.165) is 18.9 Å². The van der Waals surface area contributed by atoms with Crippen LogP contribution in [0.5, 0.6) is 0 Å². The monoisotopic (exact) mass is 312 g/mol. The van der Waals surface area contributed by atoms with Gasteiger partial charge in [0.25, 0.3) is 5.91 Å². The first kappa shape index (κ1) is 16.9. The number of aromatic nitrogens is 2. The average Bonchev–Trinajstić information content (AvgIpc) is 2.61. The Hall–Kier alpha value is -2.43. The topological polar surface area (TPSA) is 49.3 Å². The zero-order valence-electron chi connectivity index (χ0n) is 14.1. The van der Waals surface area contributed by atoms with Crippen molar-refractivity contribution in [2.75, 3.05) is 24.5 Å². The maximum Gasteiger partial charge on any atom is 0.272 e. The maximum absolute atomic E-state index is 12.4. The van der Waals surface area contributed by atoms with Crippen LogP contribution in [0.25, 0.3) is 0 Å². The summed E-state index contributed by atoms with van der Waals surface area (Å²) in [7, 11) is 0. The molecule has 0 saturated heterocycles. The molecule has 2 aromatic rings. The van der Waals surface area contributed by atoms with Crippen molar-refractivity contribution < 1.29 is 4.79 Å². The van der Waals surface area contributed by atoms with Gasteiger partial charge in [-0.3, -0.25) is 4.79 Å². The summed E-state index contributed by atoms with van der Waals surface area (Å²) in [5, 5.41) is 0. The molecule has 0 spiro atoms. The SMILES string of the molecule is CCN(CC)C(=O)c1cc(N(CC)Cc2ccccc2)ncn1. The molecule has 0 aliphatic carbocycles. The number of rotatable bonds is 7. The fourth-order valence-corrected chi connectivity index (χ4v) is 2.47. The summed E-state index contributed by atoms with van der Waals surface area (Å²) in [6.45, 7) is 8.94. The van der Waals surface area contributed by atoms with Crippen molar-refractivity contribution in [1.82, 2.24) is 14.9 Å². The molecule has 122 valence electrons. The summed E-state index contributed by atoms with van der Waals surface area (Å²) >= 11 is 0. The van der Waals surface area contributed by atoms with Gasteiger partial charge in [-0.25, -0.2) is 9.97 Å². The van der Waals surface area contributed by atoms with Gasteiger partial charge in [0.05, 0.1) is 0 Å². The Labute approximate surface area is 138 Å². The van der Waals surface area contributed by atoms with Crippen LogP contribution in [0.4, 0.5) is 5.82 Å². The maximum atomic E-state index is 12.4. The highest BCUT2D eigenvalue weighted by atomic mass is 16.2. The number of hydrogen-bond acceptors (Lipinski definition) is 4. The summed E-state index contributed by atoms with van der Waals surface area (Å²) in [6.07, 6.45) is 1.47. The molecule has 1 heterocycles. The molecule has 5 heteroatoms. The predicted molar refractivity (Wildman–Crippen MR) is 92.4 cm³/mol. The first-order chi connectivity index (χ1) is 11.2. The molecule has 0 bridgehead atoms. The zero-order chi connectivity index (χ0) is 16.7. The van der Waals surface area contributed by atoms with Gasteiger partial charge in [-0.1, -0.05) is 30.3 Å². The number of hydrogen-bond donors (Lipinski definition) is 0. The molecule has 0 unspecified atom stereocenters. The molecule has 1 amide bonds. The molecule has 0 radical (unpaired) electrons. The standard InChI is InChI=1S/C18H24N4O/c1-4-21(5-2)18(23)16-12-17(20-14-19-16)22(6-3)13-15-10-8-7-9-11-15/h7-12,14H,4-6,13H2,1-3H3. The number of benzene rings is 1. The van der Waals surface area contributed by atoms with Crippen LogP contribution in [0.1, 0.15) is 36.8 Å². The first-order valence-corrected chi connectivity index (χ1v) is 8.09. The molecular weight excluding hydrogens is 288 g/mol. The molecule has 1 aromatic heterocycles. The molecule has 1 aromatic carbocycles. The molecule has 2 rings (SSSR count). The molecule has 0 aliphatic rings. The van der Waals surface area contributed by atoms with E-state index < -0.39 is 0 Å². The third-order valence-corrected chi connectivity index (χ3v) is 3.84. The van der Waals surface area contributed by atoms with E-state index in [-0.39, 0.29) is 5.91 Å². The molecule has 0 N–H and O–H groups in total. The lowest BCUT2D eigenvalue weighted by Gasteiger charge is -2.23. The van der Waals surface area contributed by atoms with Crippen LogP contribution in [-0.4, -0.2) is 40.4 Å². The predicted octanol–water partition coefficient (Wildman–Crippen LogP) is 2.99. The summed E-state index contributed by atoms with van der Waals surface area (Å²) in [6, 6.07) is 12.0. The van der Waals surface area contributed by atoms with Crippen molar-refractivity contribution in [3.8, 4) is 0 Å². The van der Waals surface area contributed by atoms with Crippen LogP contribution in [0.3, 0.4) is 0 Å². The highest BCUT2D eigenvalue weighted by Gasteiger charge is 2.16. The summed E-state index contributed by atoms with van der Waals surface area (Å²) < 4.78 is 0. The summed E-state index contributed by atoms with van der Waals surface area (Å²) in [5.74, 6) is 0.733. The van der Waals surface area contributed by atoms with Gasteiger partial charge in [0.2, 0.25) is 0 Å². The van der Waals surface area contributed by atoms with Gasteiger partial charge >= 0.3 is 0 Å². The van der Waals surface area contributed by atoms with Crippen molar-refractivity contribution in [3.63, 3.8) is 0 Å². The molecule has 5 nitrogen and oxygen atoms in total. The Morgan fingerprint density at radius 2 is 1.70 bits per heavy atom. The van der Waals surface area contributed by atoms with Gasteiger partial charge in [-0.2, -0.15) is 0 Å². The van der Waals surface area contributed by atoms with Crippen LogP contribution in [-0.2, 0) is 6.54 Å². The molecule has 23 heavy (non-hydrogen) atoms. The average molecular weight is 312 g/mol. The van der Waals surface area contributed by atoms with Gasteiger partial charge in [-0.15, -0.1) is 0 Å². The van der Waals surface area contributed by atoms with Crippen LogP contribution >= 0.6 is 0 Å². The van der Waals surface area contributed by atoms with E-state index in [2.05, 4.69) is 33.9 Å². The van der Waals surface area contributed by atoms with Crippen LogP contribution in [0.15, 0.2) is 42.7 Å². The lowest BCUT2D eigenvalue weighted by Crippen LogP contribution is -2.31. The second-order valence-corrected chi connectivity index (χ2v) is 5.24. The molecular formula is C18H24N4O. The molecule has 0 saturated carbocycles. The Kier molecular flexibility index (Phi) is 6.09. The van der Waals surface area contributed by atoms with Crippen LogP contribution in [0.2, 0.25) is 0 Å². The number of carbonyl (C=O) groups excluding carboxylic acids is 1. The fourth-order valence-electron chi connectivity index (χ4n) is 2.47. The van der Waals surface area contributed by atoms with Crippen molar-refractivity contribution in [2.45, 2.75) is 27.3 Å². The minimum Gasteiger partial charge on any atom is -0.352 e. The third-order valence-electron chi connectivity index (χ3n) is 3.84. The van der Waals surface area contributed by atoms with Crippen molar-refractivity contribution in [3.05, 3.63) is 54.0 Å². The lowest BCUT2D eigenvalue weighted by atomic mass is 10.2. The smallest absolute Gasteiger partial charge is 0.272 e. The highest BCUT2D eigenvalue weighted by molar-refractivity contribution is 5.92. The highest BCUT2D eigenvalue weighted by Crippen LogP contribution is 2.15. The van der Waals surface area contributed by atoms with E-state index in [0.29, 0.717) is 18.8 Å². The summed E-state index contributed by atoms with van der Waals surface area (Å²) in [5.41, 5.74) is 1.66. The van der Waals surface area contributed by atoms with Crippen LogP contribution < -0.4 is 4.90 Å². The van der Waals surface area contributed by atoms with Crippen molar-refractivity contribution in [2.24, 2.45) is 0 Å². The molecule has 0 aliphatic heterocycles. The van der Waals surface area contributed by atoms with Gasteiger partial charge in [0.1, 0.15) is 17.8 Å². The van der Waals surface area contributed by atoms with Crippen molar-refractivity contribution >= 4 is 11.7 Å². The Morgan fingerprint density at radius 1 is 1.00 bits per heavy atom. The van der Waals surface area contributed by atoms with E-state index in [1.165, 1.54) is 11.9 Å². The second kappa shape index (κ2) is 8.27.